The molecule has 0 aliphatic carbocycles. The van der Waals surface area contributed by atoms with Crippen LogP contribution in [0.3, 0.4) is 0 Å². The minimum atomic E-state index is -0.854. The lowest BCUT2D eigenvalue weighted by atomic mass is 10.0. The SMILES string of the molecule is CCCCC/C=C\C/C=C\CCCCCCCCCC(=O)OCCCCCCCCCCCCCCCCC(=O)NC(CO)C(O)/C=C/CCCCCCCCCCCCCCCCCCCCCCCCC. The van der Waals surface area contributed by atoms with Gasteiger partial charge in [0.2, 0.25) is 5.91 Å². The summed E-state index contributed by atoms with van der Waals surface area (Å²) in [6.45, 7) is 4.88. The summed E-state index contributed by atoms with van der Waals surface area (Å²) in [7, 11) is 0. The van der Waals surface area contributed by atoms with Crippen LogP contribution in [0, 0.1) is 0 Å². The number of nitrogens with one attached hydrogen (secondary N) is 1. The van der Waals surface area contributed by atoms with Gasteiger partial charge < -0.3 is 20.3 Å². The second kappa shape index (κ2) is 62.6. The van der Waals surface area contributed by atoms with Crippen molar-refractivity contribution in [2.45, 2.75) is 366 Å². The van der Waals surface area contributed by atoms with E-state index in [2.05, 4.69) is 43.5 Å². The molecule has 0 radical (unpaired) electrons. The second-order valence-electron chi connectivity index (χ2n) is 22.5. The summed E-state index contributed by atoms with van der Waals surface area (Å²) in [6, 6.07) is -0.638. The Balaban J connectivity index is 3.46. The van der Waals surface area contributed by atoms with Gasteiger partial charge in [-0.15, -0.1) is 0 Å². The van der Waals surface area contributed by atoms with Crippen LogP contribution >= 0.6 is 0 Å². The molecular weight excluding hydrogens is 899 g/mol. The van der Waals surface area contributed by atoms with Crippen molar-refractivity contribution in [2.24, 2.45) is 0 Å². The molecule has 0 aliphatic rings. The Morgan fingerprint density at radius 1 is 0.384 bits per heavy atom. The number of ether oxygens (including phenoxy) is 1. The van der Waals surface area contributed by atoms with Crippen molar-refractivity contribution in [3.05, 3.63) is 36.5 Å². The minimum Gasteiger partial charge on any atom is -0.466 e. The van der Waals surface area contributed by atoms with Crippen molar-refractivity contribution >= 4 is 11.9 Å². The Kier molecular flexibility index (Phi) is 61.0. The van der Waals surface area contributed by atoms with Crippen LogP contribution in [0.1, 0.15) is 354 Å². The van der Waals surface area contributed by atoms with Crippen molar-refractivity contribution in [1.82, 2.24) is 5.32 Å². The maximum Gasteiger partial charge on any atom is 0.305 e. The van der Waals surface area contributed by atoms with Gasteiger partial charge in [0.25, 0.3) is 0 Å². The molecule has 0 heterocycles. The van der Waals surface area contributed by atoms with Gasteiger partial charge in [-0.2, -0.15) is 0 Å². The van der Waals surface area contributed by atoms with E-state index in [1.807, 2.05) is 6.08 Å². The molecule has 1 amide bonds. The van der Waals surface area contributed by atoms with Crippen LogP contribution in [0.25, 0.3) is 0 Å². The standard InChI is InChI=1S/C67H127NO5/c1-3-5-7-9-11-13-15-17-19-21-22-23-24-25-26-27-28-30-31-35-39-43-47-51-55-59-65(70)64(63-69)68-66(71)60-56-52-48-44-40-36-33-34-38-42-46-50-54-58-62-73-67(72)61-57-53-49-45-41-37-32-29-20-18-16-14-12-10-8-6-4-2/h12,14,18,20,55,59,64-65,69-70H,3-11,13,15-17,19,21-54,56-58,60-63H2,1-2H3,(H,68,71)/b14-12-,20-18-,59-55+. The highest BCUT2D eigenvalue weighted by Gasteiger charge is 2.18. The minimum absolute atomic E-state index is 0.0104. The number of rotatable bonds is 61. The molecule has 0 aromatic carbocycles. The highest BCUT2D eigenvalue weighted by atomic mass is 16.5. The first-order valence-corrected chi connectivity index (χ1v) is 32.8. The molecule has 0 saturated carbocycles. The van der Waals surface area contributed by atoms with Crippen molar-refractivity contribution in [2.75, 3.05) is 13.2 Å². The summed E-state index contributed by atoms with van der Waals surface area (Å²) in [5.74, 6) is -0.0859. The first-order valence-electron chi connectivity index (χ1n) is 32.8. The molecule has 0 aromatic heterocycles. The van der Waals surface area contributed by atoms with E-state index in [1.165, 1.54) is 263 Å². The van der Waals surface area contributed by atoms with Gasteiger partial charge in [-0.25, -0.2) is 0 Å². The molecule has 0 rings (SSSR count). The van der Waals surface area contributed by atoms with E-state index in [0.29, 0.717) is 19.4 Å². The molecule has 0 aliphatic heterocycles. The Morgan fingerprint density at radius 2 is 0.685 bits per heavy atom. The van der Waals surface area contributed by atoms with Gasteiger partial charge in [0, 0.05) is 12.8 Å². The first kappa shape index (κ1) is 71.1. The topological polar surface area (TPSA) is 95.9 Å². The largest absolute Gasteiger partial charge is 0.466 e. The van der Waals surface area contributed by atoms with E-state index in [9.17, 15) is 19.8 Å². The Bertz CT molecular complexity index is 1180. The first-order chi connectivity index (χ1) is 36.0. The smallest absolute Gasteiger partial charge is 0.305 e. The molecule has 0 bridgehead atoms. The lowest BCUT2D eigenvalue weighted by molar-refractivity contribution is -0.143. The third-order valence-corrected chi connectivity index (χ3v) is 15.2. The van der Waals surface area contributed by atoms with E-state index in [4.69, 9.17) is 4.74 Å². The fourth-order valence-electron chi connectivity index (χ4n) is 10.1. The van der Waals surface area contributed by atoms with Gasteiger partial charge in [0.05, 0.1) is 25.4 Å². The van der Waals surface area contributed by atoms with Crippen LogP contribution in [-0.4, -0.2) is 47.4 Å². The van der Waals surface area contributed by atoms with Crippen LogP contribution in [0.4, 0.5) is 0 Å². The number of amides is 1. The monoisotopic (exact) mass is 1030 g/mol. The van der Waals surface area contributed by atoms with Crippen molar-refractivity contribution in [1.29, 1.82) is 0 Å². The van der Waals surface area contributed by atoms with Crippen LogP contribution in [0.2, 0.25) is 0 Å². The van der Waals surface area contributed by atoms with Crippen molar-refractivity contribution < 1.29 is 24.5 Å². The lowest BCUT2D eigenvalue weighted by Gasteiger charge is -2.20. The van der Waals surface area contributed by atoms with Crippen LogP contribution < -0.4 is 5.32 Å². The summed E-state index contributed by atoms with van der Waals surface area (Å²) in [4.78, 5) is 24.6. The third kappa shape index (κ3) is 59.2. The van der Waals surface area contributed by atoms with Gasteiger partial charge >= 0.3 is 5.97 Å². The number of esters is 1. The van der Waals surface area contributed by atoms with Gasteiger partial charge in [0.15, 0.2) is 0 Å². The summed E-state index contributed by atoms with van der Waals surface area (Å²) in [6.07, 6.45) is 79.0. The molecule has 3 N–H and O–H groups in total. The number of aliphatic hydroxyl groups excluding tert-OH is 2. The Labute approximate surface area is 455 Å². The number of aliphatic hydroxyl groups is 2. The van der Waals surface area contributed by atoms with E-state index >= 15 is 0 Å². The maximum absolute atomic E-state index is 12.5. The highest BCUT2D eigenvalue weighted by Crippen LogP contribution is 2.18. The zero-order valence-corrected chi connectivity index (χ0v) is 49.1. The normalized spacial score (nSPS) is 12.8. The fourth-order valence-corrected chi connectivity index (χ4v) is 10.1. The van der Waals surface area contributed by atoms with E-state index in [-0.39, 0.29) is 18.5 Å². The lowest BCUT2D eigenvalue weighted by Crippen LogP contribution is -2.45. The fraction of sp³-hybridized carbons (Fsp3) is 0.881. The van der Waals surface area contributed by atoms with Crippen molar-refractivity contribution in [3.8, 4) is 0 Å². The average molecular weight is 1030 g/mol. The number of unbranched alkanes of at least 4 members (excludes halogenated alkanes) is 46. The molecule has 2 atom stereocenters. The van der Waals surface area contributed by atoms with Crippen LogP contribution in [-0.2, 0) is 14.3 Å². The number of carbonyl (C=O) groups excluding carboxylic acids is 2. The number of carbonyl (C=O) groups is 2. The van der Waals surface area contributed by atoms with Crippen molar-refractivity contribution in [3.63, 3.8) is 0 Å². The van der Waals surface area contributed by atoms with Gasteiger partial charge in [0.1, 0.15) is 0 Å². The summed E-state index contributed by atoms with van der Waals surface area (Å²) in [5.41, 5.74) is 0. The quantitative estimate of drug-likeness (QED) is 0.0320. The van der Waals surface area contributed by atoms with E-state index in [1.54, 1.807) is 6.08 Å². The summed E-state index contributed by atoms with van der Waals surface area (Å²) < 4.78 is 5.48. The highest BCUT2D eigenvalue weighted by molar-refractivity contribution is 5.76. The number of hydrogen-bond acceptors (Lipinski definition) is 5. The van der Waals surface area contributed by atoms with Gasteiger partial charge in [-0.1, -0.05) is 314 Å². The van der Waals surface area contributed by atoms with Gasteiger partial charge in [-0.3, -0.25) is 9.59 Å². The second-order valence-corrected chi connectivity index (χ2v) is 22.5. The molecule has 2 unspecified atom stereocenters. The molecule has 430 valence electrons. The molecule has 73 heavy (non-hydrogen) atoms. The molecule has 6 heteroatoms. The molecule has 6 nitrogen and oxygen atoms in total. The van der Waals surface area contributed by atoms with Crippen LogP contribution in [0.5, 0.6) is 0 Å². The van der Waals surface area contributed by atoms with E-state index in [0.717, 1.165) is 64.2 Å². The molecule has 0 aromatic rings. The maximum atomic E-state index is 12.5. The van der Waals surface area contributed by atoms with E-state index < -0.39 is 12.1 Å². The zero-order valence-electron chi connectivity index (χ0n) is 49.1. The van der Waals surface area contributed by atoms with Crippen LogP contribution in [0.15, 0.2) is 36.5 Å². The zero-order chi connectivity index (χ0) is 52.9. The molecular formula is C67H127NO5. The summed E-state index contributed by atoms with van der Waals surface area (Å²) in [5, 5.41) is 23.2. The Hall–Kier alpha value is -1.92. The Morgan fingerprint density at radius 3 is 1.07 bits per heavy atom. The average Bonchev–Trinajstić information content (AvgIpc) is 3.39. The summed E-state index contributed by atoms with van der Waals surface area (Å²) >= 11 is 0. The van der Waals surface area contributed by atoms with Gasteiger partial charge in [-0.05, 0) is 64.2 Å². The molecule has 0 fully saturated rings. The number of allylic oxidation sites excluding steroid dienone is 5. The third-order valence-electron chi connectivity index (χ3n) is 15.2. The predicted molar refractivity (Wildman–Crippen MR) is 319 cm³/mol. The number of hydrogen-bond donors (Lipinski definition) is 3. The predicted octanol–water partition coefficient (Wildman–Crippen LogP) is 20.8. The molecule has 0 saturated heterocycles. The molecule has 0 spiro atoms.